The highest BCUT2D eigenvalue weighted by Gasteiger charge is 2.25. The van der Waals surface area contributed by atoms with E-state index in [0.717, 1.165) is 45.1 Å². The summed E-state index contributed by atoms with van der Waals surface area (Å²) in [7, 11) is 5.32. The van der Waals surface area contributed by atoms with Gasteiger partial charge in [0.05, 0.1) is 23.9 Å². The van der Waals surface area contributed by atoms with Crippen LogP contribution in [0.2, 0.25) is 5.02 Å². The zero-order valence-electron chi connectivity index (χ0n) is 19.1. The van der Waals surface area contributed by atoms with Gasteiger partial charge in [-0.05, 0) is 67.3 Å². The SMILES string of the molecule is CC=C1/C(=C\C(C)=O)[C@H](C)N=C(c2ccc(Cl)c(OC)c2)c2ccc(CSSCC)cc21. The third kappa shape index (κ3) is 5.51. The number of fused-ring (bicyclic) bond motifs is 1. The second-order valence-electron chi connectivity index (χ2n) is 7.46. The van der Waals surface area contributed by atoms with E-state index < -0.39 is 0 Å². The smallest absolute Gasteiger partial charge is 0.152 e. The first-order chi connectivity index (χ1) is 15.4. The zero-order valence-corrected chi connectivity index (χ0v) is 21.5. The molecule has 0 unspecified atom stereocenters. The van der Waals surface area contributed by atoms with Crippen molar-refractivity contribution in [2.24, 2.45) is 4.99 Å². The fraction of sp³-hybridized carbons (Fsp3) is 0.308. The molecule has 0 radical (unpaired) electrons. The van der Waals surface area contributed by atoms with Crippen LogP contribution in [0.25, 0.3) is 5.57 Å². The first-order valence-electron chi connectivity index (χ1n) is 10.6. The molecule has 1 aliphatic heterocycles. The number of methoxy groups -OCH3 is 1. The summed E-state index contributed by atoms with van der Waals surface area (Å²) in [6, 6.07) is 12.1. The minimum absolute atomic E-state index is 0.0191. The number of halogens is 1. The first-order valence-corrected chi connectivity index (χ1v) is 13.4. The third-order valence-electron chi connectivity index (χ3n) is 5.21. The van der Waals surface area contributed by atoms with E-state index in [1.54, 1.807) is 20.1 Å². The minimum atomic E-state index is -0.178. The van der Waals surface area contributed by atoms with E-state index >= 15 is 0 Å². The lowest BCUT2D eigenvalue weighted by Gasteiger charge is -2.16. The predicted octanol–water partition coefficient (Wildman–Crippen LogP) is 7.41. The van der Waals surface area contributed by atoms with Crippen molar-refractivity contribution in [1.82, 2.24) is 0 Å². The first kappa shape index (κ1) is 24.7. The Balaban J connectivity index is 2.24. The summed E-state index contributed by atoms with van der Waals surface area (Å²) in [6.45, 7) is 7.80. The molecule has 0 fully saturated rings. The molecule has 1 aliphatic rings. The molecular weight excluding hydrogens is 458 g/mol. The number of benzene rings is 2. The Kier molecular flexibility index (Phi) is 8.69. The monoisotopic (exact) mass is 485 g/mol. The highest BCUT2D eigenvalue weighted by Crippen LogP contribution is 2.37. The van der Waals surface area contributed by atoms with Gasteiger partial charge in [0.1, 0.15) is 5.75 Å². The molecule has 2 aromatic rings. The number of ether oxygens (including phenoxy) is 1. The van der Waals surface area contributed by atoms with Crippen LogP contribution < -0.4 is 4.74 Å². The van der Waals surface area contributed by atoms with E-state index in [0.29, 0.717) is 10.8 Å². The number of carbonyl (C=O) groups excluding carboxylic acids is 1. The van der Waals surface area contributed by atoms with Crippen molar-refractivity contribution in [2.75, 3.05) is 12.9 Å². The predicted molar refractivity (Wildman–Crippen MR) is 141 cm³/mol. The van der Waals surface area contributed by atoms with Gasteiger partial charge in [-0.2, -0.15) is 0 Å². The maximum Gasteiger partial charge on any atom is 0.152 e. The van der Waals surface area contributed by atoms with Crippen molar-refractivity contribution in [3.8, 4) is 5.75 Å². The van der Waals surface area contributed by atoms with Gasteiger partial charge in [-0.3, -0.25) is 9.79 Å². The van der Waals surface area contributed by atoms with E-state index in [1.165, 1.54) is 5.56 Å². The van der Waals surface area contributed by atoms with Gasteiger partial charge in [-0.1, -0.05) is 64.4 Å². The van der Waals surface area contributed by atoms with Crippen molar-refractivity contribution < 1.29 is 9.53 Å². The third-order valence-corrected chi connectivity index (χ3v) is 7.94. The second-order valence-corrected chi connectivity index (χ2v) is 10.6. The largest absolute Gasteiger partial charge is 0.495 e. The summed E-state index contributed by atoms with van der Waals surface area (Å²) in [6.07, 6.45) is 3.80. The van der Waals surface area contributed by atoms with Crippen molar-refractivity contribution in [3.63, 3.8) is 0 Å². The van der Waals surface area contributed by atoms with E-state index in [9.17, 15) is 4.79 Å². The molecule has 0 amide bonds. The number of ketones is 1. The Labute approximate surface area is 203 Å². The van der Waals surface area contributed by atoms with Crippen molar-refractivity contribution in [1.29, 1.82) is 0 Å². The molecule has 3 nitrogen and oxygen atoms in total. The molecule has 0 bridgehead atoms. The normalized spacial score (nSPS) is 18.3. The number of hydrogen-bond donors (Lipinski definition) is 0. The van der Waals surface area contributed by atoms with Crippen molar-refractivity contribution in [2.45, 2.75) is 39.5 Å². The van der Waals surface area contributed by atoms with Gasteiger partial charge in [-0.25, -0.2) is 0 Å². The lowest BCUT2D eigenvalue weighted by Crippen LogP contribution is -2.09. The van der Waals surface area contributed by atoms with Crippen LogP contribution in [0.4, 0.5) is 0 Å². The van der Waals surface area contributed by atoms with Crippen LogP contribution in [-0.4, -0.2) is 30.4 Å². The summed E-state index contributed by atoms with van der Waals surface area (Å²) in [4.78, 5) is 17.1. The van der Waals surface area contributed by atoms with Crippen LogP contribution in [0.15, 0.2) is 59.1 Å². The molecule has 0 saturated heterocycles. The molecule has 2 aromatic carbocycles. The van der Waals surface area contributed by atoms with E-state index in [4.69, 9.17) is 21.3 Å². The summed E-state index contributed by atoms with van der Waals surface area (Å²) >= 11 is 6.28. The molecule has 1 atom stereocenters. The topological polar surface area (TPSA) is 38.7 Å². The Morgan fingerprint density at radius 3 is 2.62 bits per heavy atom. The van der Waals surface area contributed by atoms with Gasteiger partial charge < -0.3 is 4.74 Å². The van der Waals surface area contributed by atoms with E-state index in [2.05, 4.69) is 31.2 Å². The number of rotatable bonds is 7. The highest BCUT2D eigenvalue weighted by molar-refractivity contribution is 8.76. The lowest BCUT2D eigenvalue weighted by atomic mass is 9.88. The fourth-order valence-electron chi connectivity index (χ4n) is 3.79. The minimum Gasteiger partial charge on any atom is -0.495 e. The van der Waals surface area contributed by atoms with E-state index in [-0.39, 0.29) is 11.8 Å². The number of carbonyl (C=O) groups is 1. The average molecular weight is 486 g/mol. The molecule has 0 saturated carbocycles. The number of hydrogen-bond acceptors (Lipinski definition) is 5. The van der Waals surface area contributed by atoms with Gasteiger partial charge in [0, 0.05) is 22.6 Å². The molecule has 1 heterocycles. The van der Waals surface area contributed by atoms with Crippen LogP contribution in [0.3, 0.4) is 0 Å². The molecule has 3 rings (SSSR count). The molecule has 0 aliphatic carbocycles. The Bertz CT molecular complexity index is 1110. The van der Waals surface area contributed by atoms with Crippen molar-refractivity contribution >= 4 is 50.3 Å². The van der Waals surface area contributed by atoms with Crippen LogP contribution in [0.1, 0.15) is 49.9 Å². The summed E-state index contributed by atoms with van der Waals surface area (Å²) < 4.78 is 5.45. The van der Waals surface area contributed by atoms with Gasteiger partial charge >= 0.3 is 0 Å². The Morgan fingerprint density at radius 2 is 1.97 bits per heavy atom. The van der Waals surface area contributed by atoms with Gasteiger partial charge in [-0.15, -0.1) is 0 Å². The number of nitrogens with zero attached hydrogens (tertiary/aromatic N) is 1. The maximum absolute atomic E-state index is 12.1. The van der Waals surface area contributed by atoms with Gasteiger partial charge in [0.25, 0.3) is 0 Å². The molecule has 0 N–H and O–H groups in total. The Morgan fingerprint density at radius 1 is 1.19 bits per heavy atom. The highest BCUT2D eigenvalue weighted by atomic mass is 35.5. The standard InChI is InChI=1S/C26H28ClNO2S2/c1-6-20-22(12-16(3)29)17(4)28-26(19-9-11-24(27)25(14-19)30-5)21-10-8-18(13-23(20)21)15-32-31-7-2/h6,8-14,17H,7,15H2,1-5H3/b20-6?,22-12-/t17-/m0/s1. The molecular formula is C26H28ClNO2S2. The summed E-state index contributed by atoms with van der Waals surface area (Å²) in [5.74, 6) is 2.63. The van der Waals surface area contributed by atoms with Crippen LogP contribution >= 0.6 is 33.2 Å². The quantitative estimate of drug-likeness (QED) is 0.232. The zero-order chi connectivity index (χ0) is 23.3. The molecule has 168 valence electrons. The number of allylic oxidation sites excluding steroid dienone is 2. The van der Waals surface area contributed by atoms with Crippen LogP contribution in [0.5, 0.6) is 5.75 Å². The number of aliphatic imine (C=N–C) groups is 1. The summed E-state index contributed by atoms with van der Waals surface area (Å²) in [5.41, 5.74) is 7.18. The van der Waals surface area contributed by atoms with Gasteiger partial charge in [0.15, 0.2) is 5.78 Å². The molecule has 0 spiro atoms. The molecule has 0 aromatic heterocycles. The van der Waals surface area contributed by atoms with Crippen LogP contribution in [-0.2, 0) is 10.5 Å². The molecule has 32 heavy (non-hydrogen) atoms. The Hall–Kier alpha value is -1.95. The second kappa shape index (κ2) is 11.3. The summed E-state index contributed by atoms with van der Waals surface area (Å²) in [5, 5.41) is 0.561. The van der Waals surface area contributed by atoms with E-state index in [1.807, 2.05) is 53.6 Å². The van der Waals surface area contributed by atoms with Gasteiger partial charge in [0.2, 0.25) is 0 Å². The van der Waals surface area contributed by atoms with Crippen LogP contribution in [0, 0.1) is 0 Å². The maximum atomic E-state index is 12.1. The molecule has 6 heteroatoms. The van der Waals surface area contributed by atoms with Crippen molar-refractivity contribution in [3.05, 3.63) is 81.4 Å². The lowest BCUT2D eigenvalue weighted by molar-refractivity contribution is -0.112. The average Bonchev–Trinajstić information content (AvgIpc) is 2.88. The fourth-order valence-corrected chi connectivity index (χ4v) is 5.71.